The minimum atomic E-state index is 0.574. The number of nitrogens with two attached hydrogens (primary N) is 2. The van der Waals surface area contributed by atoms with E-state index in [0.717, 1.165) is 25.2 Å². The second kappa shape index (κ2) is 8.31. The molecule has 4 radical (unpaired) electrons. The van der Waals surface area contributed by atoms with Gasteiger partial charge in [0.1, 0.15) is 0 Å². The van der Waals surface area contributed by atoms with Crippen molar-refractivity contribution in [1.82, 2.24) is 0 Å². The van der Waals surface area contributed by atoms with Crippen LogP contribution < -0.4 is 11.5 Å². The number of hydrogen-bond acceptors (Lipinski definition) is 3. The molecular formula is C4H12N2OSi2. The SMILES string of the molecule is NCC[Si]O[Si]CCN. The molecule has 0 aromatic rings. The van der Waals surface area contributed by atoms with Crippen molar-refractivity contribution in [2.75, 3.05) is 13.1 Å². The summed E-state index contributed by atoms with van der Waals surface area (Å²) < 4.78 is 5.21. The maximum absolute atomic E-state index is 5.25. The Balaban J connectivity index is 2.60. The number of hydrogen-bond donors (Lipinski definition) is 2. The fourth-order valence-electron chi connectivity index (χ4n) is 0.271. The molecule has 0 rings (SSSR count). The molecule has 0 bridgehead atoms. The van der Waals surface area contributed by atoms with Gasteiger partial charge in [0.2, 0.25) is 19.5 Å². The Morgan fingerprint density at radius 2 is 1.44 bits per heavy atom. The van der Waals surface area contributed by atoms with Crippen molar-refractivity contribution in [2.24, 2.45) is 11.5 Å². The summed E-state index contributed by atoms with van der Waals surface area (Å²) in [4.78, 5) is 0. The summed E-state index contributed by atoms with van der Waals surface area (Å²) >= 11 is 0. The quantitative estimate of drug-likeness (QED) is 0.387. The van der Waals surface area contributed by atoms with Gasteiger partial charge < -0.3 is 15.6 Å². The van der Waals surface area contributed by atoms with Crippen molar-refractivity contribution in [2.45, 2.75) is 12.1 Å². The summed E-state index contributed by atoms with van der Waals surface area (Å²) in [5.41, 5.74) is 10.5. The second-order valence-electron chi connectivity index (χ2n) is 1.47. The van der Waals surface area contributed by atoms with Crippen molar-refractivity contribution in [1.29, 1.82) is 0 Å². The summed E-state index contributed by atoms with van der Waals surface area (Å²) in [6.45, 7) is 1.46. The maximum Gasteiger partial charge on any atom is 0.216 e. The van der Waals surface area contributed by atoms with E-state index < -0.39 is 0 Å². The third kappa shape index (κ3) is 8.31. The molecule has 0 amide bonds. The predicted molar refractivity (Wildman–Crippen MR) is 40.3 cm³/mol. The van der Waals surface area contributed by atoms with Crippen LogP contribution in [0.15, 0.2) is 0 Å². The topological polar surface area (TPSA) is 61.3 Å². The van der Waals surface area contributed by atoms with Gasteiger partial charge in [0.15, 0.2) is 0 Å². The lowest BCUT2D eigenvalue weighted by Gasteiger charge is -1.96. The van der Waals surface area contributed by atoms with E-state index >= 15 is 0 Å². The molecule has 0 aromatic carbocycles. The molecule has 0 aliphatic rings. The minimum absolute atomic E-state index is 0.574. The Labute approximate surface area is 61.0 Å². The van der Waals surface area contributed by atoms with Gasteiger partial charge in [0.05, 0.1) is 0 Å². The second-order valence-corrected chi connectivity index (χ2v) is 3.86. The molecule has 0 spiro atoms. The van der Waals surface area contributed by atoms with E-state index in [1.807, 2.05) is 0 Å². The fraction of sp³-hybridized carbons (Fsp3) is 1.00. The lowest BCUT2D eigenvalue weighted by Crippen LogP contribution is -2.11. The molecule has 9 heavy (non-hydrogen) atoms. The smallest absolute Gasteiger partial charge is 0.216 e. The van der Waals surface area contributed by atoms with E-state index in [9.17, 15) is 0 Å². The van der Waals surface area contributed by atoms with Crippen LogP contribution in [0.25, 0.3) is 0 Å². The molecule has 0 unspecified atom stereocenters. The van der Waals surface area contributed by atoms with Crippen LogP contribution in [0, 0.1) is 0 Å². The van der Waals surface area contributed by atoms with Crippen LogP contribution in [0.1, 0.15) is 0 Å². The molecule has 52 valence electrons. The van der Waals surface area contributed by atoms with Gasteiger partial charge in [-0.1, -0.05) is 0 Å². The normalized spacial score (nSPS) is 10.0. The molecule has 0 aliphatic carbocycles. The van der Waals surface area contributed by atoms with Crippen LogP contribution in [0.4, 0.5) is 0 Å². The van der Waals surface area contributed by atoms with Crippen molar-refractivity contribution < 1.29 is 4.12 Å². The van der Waals surface area contributed by atoms with Gasteiger partial charge in [0, 0.05) is 0 Å². The van der Waals surface area contributed by atoms with Gasteiger partial charge in [-0.15, -0.1) is 0 Å². The molecule has 0 saturated carbocycles. The first kappa shape index (κ1) is 9.31. The lowest BCUT2D eigenvalue weighted by atomic mass is 10.8. The van der Waals surface area contributed by atoms with Crippen LogP contribution in [0.3, 0.4) is 0 Å². The molecule has 5 heteroatoms. The molecule has 0 heterocycles. The standard InChI is InChI=1S/C4H12N2OSi2/c5-1-3-8-7-9-4-2-6/h1-6H2. The van der Waals surface area contributed by atoms with Crippen molar-refractivity contribution in [3.05, 3.63) is 0 Å². The highest BCUT2D eigenvalue weighted by molar-refractivity contribution is 6.42. The first-order valence-electron chi connectivity index (χ1n) is 2.93. The Morgan fingerprint density at radius 1 is 1.00 bits per heavy atom. The molecule has 0 fully saturated rings. The van der Waals surface area contributed by atoms with Crippen LogP contribution in [-0.4, -0.2) is 32.6 Å². The van der Waals surface area contributed by atoms with E-state index in [0.29, 0.717) is 19.5 Å². The summed E-state index contributed by atoms with van der Waals surface area (Å²) in [6.07, 6.45) is 0. The average Bonchev–Trinajstić information content (AvgIpc) is 1.89. The first-order valence-corrected chi connectivity index (χ1v) is 5.16. The molecule has 0 aromatic heterocycles. The Bertz CT molecular complexity index is 49.8. The molecule has 0 aliphatic heterocycles. The zero-order valence-electron chi connectivity index (χ0n) is 5.39. The van der Waals surface area contributed by atoms with Crippen LogP contribution in [-0.2, 0) is 4.12 Å². The molecule has 0 saturated heterocycles. The highest BCUT2D eigenvalue weighted by Gasteiger charge is 1.89. The summed E-state index contributed by atoms with van der Waals surface area (Å²) in [5, 5.41) is 0. The summed E-state index contributed by atoms with van der Waals surface area (Å²) in [7, 11) is 1.15. The Morgan fingerprint density at radius 3 is 1.78 bits per heavy atom. The molecular weight excluding hydrogens is 148 g/mol. The van der Waals surface area contributed by atoms with E-state index in [1.54, 1.807) is 0 Å². The van der Waals surface area contributed by atoms with Gasteiger partial charge in [-0.3, -0.25) is 0 Å². The van der Waals surface area contributed by atoms with E-state index in [2.05, 4.69) is 0 Å². The lowest BCUT2D eigenvalue weighted by molar-refractivity contribution is 0.632. The largest absolute Gasteiger partial charge is 0.457 e. The molecule has 0 atom stereocenters. The maximum atomic E-state index is 5.25. The van der Waals surface area contributed by atoms with Gasteiger partial charge in [0.25, 0.3) is 0 Å². The van der Waals surface area contributed by atoms with Crippen LogP contribution in [0.2, 0.25) is 12.1 Å². The monoisotopic (exact) mass is 160 g/mol. The van der Waals surface area contributed by atoms with Gasteiger partial charge >= 0.3 is 0 Å². The summed E-state index contributed by atoms with van der Waals surface area (Å²) in [6, 6.07) is 1.97. The van der Waals surface area contributed by atoms with E-state index in [4.69, 9.17) is 15.6 Å². The van der Waals surface area contributed by atoms with Gasteiger partial charge in [-0.25, -0.2) is 0 Å². The minimum Gasteiger partial charge on any atom is -0.457 e. The highest BCUT2D eigenvalue weighted by atomic mass is 28.3. The average molecular weight is 160 g/mol. The van der Waals surface area contributed by atoms with Crippen LogP contribution >= 0.6 is 0 Å². The molecule has 3 nitrogen and oxygen atoms in total. The zero-order valence-corrected chi connectivity index (χ0v) is 7.39. The van der Waals surface area contributed by atoms with Crippen molar-refractivity contribution in [3.8, 4) is 0 Å². The third-order valence-corrected chi connectivity index (χ3v) is 2.78. The predicted octanol–water partition coefficient (Wildman–Crippen LogP) is -1.00. The van der Waals surface area contributed by atoms with Crippen molar-refractivity contribution in [3.63, 3.8) is 0 Å². The van der Waals surface area contributed by atoms with E-state index in [1.165, 1.54) is 0 Å². The summed E-state index contributed by atoms with van der Waals surface area (Å²) in [5.74, 6) is 0. The fourth-order valence-corrected chi connectivity index (χ4v) is 1.73. The van der Waals surface area contributed by atoms with Gasteiger partial charge in [-0.05, 0) is 25.2 Å². The highest BCUT2D eigenvalue weighted by Crippen LogP contribution is 1.78. The van der Waals surface area contributed by atoms with Crippen LogP contribution in [0.5, 0.6) is 0 Å². The van der Waals surface area contributed by atoms with Gasteiger partial charge in [-0.2, -0.15) is 0 Å². The first-order chi connectivity index (χ1) is 4.41. The zero-order chi connectivity index (χ0) is 6.95. The van der Waals surface area contributed by atoms with E-state index in [-0.39, 0.29) is 0 Å². The third-order valence-electron chi connectivity index (χ3n) is 0.637. The number of rotatable bonds is 6. The molecule has 4 N–H and O–H groups in total. The Kier molecular flexibility index (Phi) is 8.60. The Hall–Kier alpha value is 0.314. The van der Waals surface area contributed by atoms with Crippen molar-refractivity contribution >= 4 is 19.5 Å².